The van der Waals surface area contributed by atoms with Crippen LogP contribution < -0.4 is 10.0 Å². The van der Waals surface area contributed by atoms with Crippen molar-refractivity contribution in [2.75, 3.05) is 16.7 Å². The minimum Gasteiger partial charge on any atom is -0.362 e. The minimum absolute atomic E-state index is 0.205. The number of anilines is 2. The van der Waals surface area contributed by atoms with Gasteiger partial charge in [0.1, 0.15) is 12.8 Å². The molecule has 1 fully saturated rings. The second-order valence-electron chi connectivity index (χ2n) is 7.91. The Kier molecular flexibility index (Phi) is 3.24. The monoisotopic (exact) mass is 395 g/mol. The standard InChI is InChI=1S/C19H18FN7O2/c1-19(2)8-7-13(28-19)16-23-18(24-29-16)25-10-22-15-11-5-3-4-6-12(11)26-14(27(15)25)9-21-17(26)20/h3-6,9,13H,7-8,10H2,1-2H3. The van der Waals surface area contributed by atoms with Crippen LogP contribution in [0.5, 0.6) is 0 Å². The average Bonchev–Trinajstić information content (AvgIpc) is 3.46. The van der Waals surface area contributed by atoms with Gasteiger partial charge in [-0.3, -0.25) is 4.57 Å². The number of amidine groups is 1. The number of fused-ring (bicyclic) bond motifs is 6. The molecule has 10 heteroatoms. The summed E-state index contributed by atoms with van der Waals surface area (Å²) in [6, 6.07) is 7.51. The fourth-order valence-corrected chi connectivity index (χ4v) is 4.13. The first kappa shape index (κ1) is 16.7. The zero-order valence-electron chi connectivity index (χ0n) is 15.9. The highest BCUT2D eigenvalue weighted by molar-refractivity contribution is 6.16. The van der Waals surface area contributed by atoms with Gasteiger partial charge in [-0.25, -0.2) is 20.0 Å². The fraction of sp³-hybridized carbons (Fsp3) is 0.368. The van der Waals surface area contributed by atoms with E-state index in [9.17, 15) is 4.39 Å². The summed E-state index contributed by atoms with van der Waals surface area (Å²) in [5.41, 5.74) is 1.30. The van der Waals surface area contributed by atoms with E-state index < -0.39 is 6.08 Å². The SMILES string of the molecule is CC1(C)CCC(c2nc(N3CN=C4c5ccccc5-n5c(cnc5F)N43)no2)O1. The average molecular weight is 395 g/mol. The second-order valence-corrected chi connectivity index (χ2v) is 7.91. The van der Waals surface area contributed by atoms with E-state index in [1.54, 1.807) is 10.0 Å². The number of ether oxygens (including phenoxy) is 1. The Bertz CT molecular complexity index is 1150. The molecule has 3 aliphatic rings. The van der Waals surface area contributed by atoms with Gasteiger partial charge in [-0.1, -0.05) is 12.1 Å². The van der Waals surface area contributed by atoms with E-state index in [0.29, 0.717) is 29.2 Å². The predicted octanol–water partition coefficient (Wildman–Crippen LogP) is 2.98. The molecular formula is C19H18FN7O2. The van der Waals surface area contributed by atoms with Crippen molar-refractivity contribution in [3.63, 3.8) is 0 Å². The number of nitrogens with zero attached hydrogens (tertiary/aromatic N) is 7. The fourth-order valence-electron chi connectivity index (χ4n) is 4.13. The van der Waals surface area contributed by atoms with E-state index in [-0.39, 0.29) is 18.4 Å². The van der Waals surface area contributed by atoms with Crippen molar-refractivity contribution in [1.29, 1.82) is 0 Å². The number of imidazole rings is 1. The number of hydrogen-bond acceptors (Lipinski definition) is 8. The molecule has 3 aliphatic heterocycles. The van der Waals surface area contributed by atoms with Crippen LogP contribution in [0.4, 0.5) is 16.2 Å². The van der Waals surface area contributed by atoms with E-state index in [2.05, 4.69) is 20.1 Å². The molecule has 0 radical (unpaired) electrons. The summed E-state index contributed by atoms with van der Waals surface area (Å²) < 4.78 is 27.4. The Balaban J connectivity index is 1.39. The lowest BCUT2D eigenvalue weighted by Crippen LogP contribution is -2.46. The number of aliphatic imine (C=N–C) groups is 1. The van der Waals surface area contributed by atoms with Crippen LogP contribution in [-0.2, 0) is 4.74 Å². The molecule has 0 bridgehead atoms. The summed E-state index contributed by atoms with van der Waals surface area (Å²) >= 11 is 0. The van der Waals surface area contributed by atoms with Crippen molar-refractivity contribution < 1.29 is 13.7 Å². The molecule has 0 saturated carbocycles. The van der Waals surface area contributed by atoms with Crippen LogP contribution in [0.25, 0.3) is 5.69 Å². The normalized spacial score (nSPS) is 21.8. The van der Waals surface area contributed by atoms with Crippen LogP contribution in [0.1, 0.15) is 44.2 Å². The maximum atomic E-state index is 14.5. The molecule has 0 N–H and O–H groups in total. The number of aromatic nitrogens is 4. The van der Waals surface area contributed by atoms with Gasteiger partial charge >= 0.3 is 0 Å². The van der Waals surface area contributed by atoms with Gasteiger partial charge < -0.3 is 9.26 Å². The van der Waals surface area contributed by atoms with Gasteiger partial charge in [0.2, 0.25) is 0 Å². The van der Waals surface area contributed by atoms with Crippen molar-refractivity contribution in [1.82, 2.24) is 19.7 Å². The Hall–Kier alpha value is -3.27. The zero-order valence-corrected chi connectivity index (χ0v) is 15.9. The third-order valence-electron chi connectivity index (χ3n) is 5.51. The molecule has 3 aromatic rings. The van der Waals surface area contributed by atoms with Gasteiger partial charge in [-0.15, -0.1) is 0 Å². The molecule has 1 aromatic carbocycles. The summed E-state index contributed by atoms with van der Waals surface area (Å²) in [6.45, 7) is 4.38. The number of hydrazine groups is 1. The number of halogens is 1. The molecule has 5 heterocycles. The molecule has 29 heavy (non-hydrogen) atoms. The summed E-state index contributed by atoms with van der Waals surface area (Å²) in [7, 11) is 0. The molecule has 0 spiro atoms. The Morgan fingerprint density at radius 1 is 1.24 bits per heavy atom. The summed E-state index contributed by atoms with van der Waals surface area (Å²) in [4.78, 5) is 13.1. The highest BCUT2D eigenvalue weighted by Crippen LogP contribution is 2.40. The van der Waals surface area contributed by atoms with Crippen molar-refractivity contribution in [3.8, 4) is 5.69 Å². The Labute approximate surface area is 165 Å². The first-order valence-corrected chi connectivity index (χ1v) is 9.48. The Morgan fingerprint density at radius 3 is 2.93 bits per heavy atom. The van der Waals surface area contributed by atoms with E-state index in [0.717, 1.165) is 18.4 Å². The lowest BCUT2D eigenvalue weighted by atomic mass is 10.1. The van der Waals surface area contributed by atoms with Gasteiger partial charge in [0.25, 0.3) is 17.9 Å². The molecule has 0 aliphatic carbocycles. The highest BCUT2D eigenvalue weighted by Gasteiger charge is 2.41. The molecule has 2 aromatic heterocycles. The van der Waals surface area contributed by atoms with E-state index in [1.165, 1.54) is 10.8 Å². The molecule has 9 nitrogen and oxygen atoms in total. The maximum absolute atomic E-state index is 14.5. The number of benzene rings is 1. The topological polar surface area (TPSA) is 84.8 Å². The van der Waals surface area contributed by atoms with Crippen molar-refractivity contribution >= 4 is 17.6 Å². The molecule has 0 amide bonds. The molecule has 1 atom stereocenters. The van der Waals surface area contributed by atoms with Gasteiger partial charge in [-0.2, -0.15) is 9.37 Å². The third-order valence-corrected chi connectivity index (χ3v) is 5.51. The highest BCUT2D eigenvalue weighted by atomic mass is 19.1. The zero-order chi connectivity index (χ0) is 19.8. The van der Waals surface area contributed by atoms with Crippen molar-refractivity contribution in [2.24, 2.45) is 4.99 Å². The van der Waals surface area contributed by atoms with E-state index in [4.69, 9.17) is 9.26 Å². The van der Waals surface area contributed by atoms with Crippen LogP contribution >= 0.6 is 0 Å². The lowest BCUT2D eigenvalue weighted by Gasteiger charge is -2.33. The molecule has 148 valence electrons. The lowest BCUT2D eigenvalue weighted by molar-refractivity contribution is -0.0292. The van der Waals surface area contributed by atoms with Gasteiger partial charge in [0.15, 0.2) is 11.7 Å². The largest absolute Gasteiger partial charge is 0.362 e. The van der Waals surface area contributed by atoms with E-state index >= 15 is 0 Å². The molecule has 6 rings (SSSR count). The van der Waals surface area contributed by atoms with Gasteiger partial charge in [-0.05, 0) is 44.0 Å². The quantitative estimate of drug-likeness (QED) is 0.659. The Morgan fingerprint density at radius 2 is 2.10 bits per heavy atom. The third kappa shape index (κ3) is 2.35. The smallest absolute Gasteiger partial charge is 0.295 e. The summed E-state index contributed by atoms with van der Waals surface area (Å²) in [6.07, 6.45) is 2.41. The van der Waals surface area contributed by atoms with Crippen LogP contribution in [0, 0.1) is 6.08 Å². The summed E-state index contributed by atoms with van der Waals surface area (Å²) in [5.74, 6) is 2.01. The predicted molar refractivity (Wildman–Crippen MR) is 101 cm³/mol. The minimum atomic E-state index is -0.589. The number of para-hydroxylation sites is 1. The van der Waals surface area contributed by atoms with Crippen molar-refractivity contribution in [2.45, 2.75) is 38.4 Å². The van der Waals surface area contributed by atoms with Crippen LogP contribution in [0.3, 0.4) is 0 Å². The molecule has 1 saturated heterocycles. The van der Waals surface area contributed by atoms with Crippen LogP contribution in [0.2, 0.25) is 0 Å². The van der Waals surface area contributed by atoms with Crippen LogP contribution in [0.15, 0.2) is 40.0 Å². The number of hydrogen-bond donors (Lipinski definition) is 0. The summed E-state index contributed by atoms with van der Waals surface area (Å²) in [5, 5.41) is 7.65. The molecule has 1 unspecified atom stereocenters. The van der Waals surface area contributed by atoms with Crippen LogP contribution in [-0.4, -0.2) is 37.8 Å². The second kappa shape index (κ2) is 5.63. The first-order chi connectivity index (χ1) is 14.0. The first-order valence-electron chi connectivity index (χ1n) is 9.48. The maximum Gasteiger partial charge on any atom is 0.295 e. The van der Waals surface area contributed by atoms with Gasteiger partial charge in [0.05, 0.1) is 17.5 Å². The van der Waals surface area contributed by atoms with E-state index in [1.807, 2.05) is 38.1 Å². The number of rotatable bonds is 2. The molecular weight excluding hydrogens is 377 g/mol. The van der Waals surface area contributed by atoms with Gasteiger partial charge in [0, 0.05) is 5.56 Å². The van der Waals surface area contributed by atoms with Crippen molar-refractivity contribution in [3.05, 3.63) is 48.0 Å².